The molecule has 1 fully saturated rings. The maximum Gasteiger partial charge on any atom is 0.243 e. The van der Waals surface area contributed by atoms with E-state index in [9.17, 15) is 9.59 Å². The van der Waals surface area contributed by atoms with E-state index in [1.807, 2.05) is 54.7 Å². The summed E-state index contributed by atoms with van der Waals surface area (Å²) >= 11 is 1.63. The van der Waals surface area contributed by atoms with Crippen molar-refractivity contribution in [1.82, 2.24) is 15.2 Å². The zero-order valence-corrected chi connectivity index (χ0v) is 16.4. The number of aryl methyl sites for hydroxylation is 1. The van der Waals surface area contributed by atoms with Crippen molar-refractivity contribution < 1.29 is 9.59 Å². The van der Waals surface area contributed by atoms with Crippen molar-refractivity contribution in [3.8, 4) is 0 Å². The van der Waals surface area contributed by atoms with E-state index in [4.69, 9.17) is 0 Å². The van der Waals surface area contributed by atoms with Gasteiger partial charge in [0.1, 0.15) is 6.04 Å². The molecule has 0 bridgehead atoms. The summed E-state index contributed by atoms with van der Waals surface area (Å²) in [5, 5.41) is 4.12. The quantitative estimate of drug-likeness (QED) is 0.675. The zero-order chi connectivity index (χ0) is 19.3. The van der Waals surface area contributed by atoms with Gasteiger partial charge in [-0.3, -0.25) is 9.59 Å². The number of hydrogen-bond donors (Lipinski definition) is 2. The van der Waals surface area contributed by atoms with Crippen LogP contribution in [0.4, 0.5) is 0 Å². The predicted molar refractivity (Wildman–Crippen MR) is 113 cm³/mol. The molecule has 1 aliphatic rings. The fraction of sp³-hybridized carbons (Fsp3) is 0.273. The number of nitrogens with one attached hydrogen (secondary N) is 2. The number of para-hydroxylation sites is 1. The highest BCUT2D eigenvalue weighted by molar-refractivity contribution is 7.99. The third-order valence-electron chi connectivity index (χ3n) is 5.10. The third kappa shape index (κ3) is 4.07. The Morgan fingerprint density at radius 3 is 2.75 bits per heavy atom. The van der Waals surface area contributed by atoms with Crippen LogP contribution in [0.5, 0.6) is 0 Å². The number of aromatic nitrogens is 1. The lowest BCUT2D eigenvalue weighted by atomic mass is 10.1. The second-order valence-electron chi connectivity index (χ2n) is 6.94. The van der Waals surface area contributed by atoms with Crippen LogP contribution in [-0.2, 0) is 22.6 Å². The van der Waals surface area contributed by atoms with E-state index in [0.29, 0.717) is 31.0 Å². The number of nitrogens with zero attached hydrogens (tertiary/aromatic N) is 1. The van der Waals surface area contributed by atoms with Crippen LogP contribution in [0.15, 0.2) is 60.8 Å². The number of thioether (sulfide) groups is 1. The fourth-order valence-corrected chi connectivity index (χ4v) is 4.71. The highest BCUT2D eigenvalue weighted by Crippen LogP contribution is 2.24. The Kier molecular flexibility index (Phi) is 5.67. The number of benzene rings is 2. The molecule has 2 aromatic carbocycles. The van der Waals surface area contributed by atoms with Gasteiger partial charge in [-0.25, -0.2) is 0 Å². The first-order valence-corrected chi connectivity index (χ1v) is 10.6. The Hall–Kier alpha value is -2.73. The van der Waals surface area contributed by atoms with E-state index >= 15 is 0 Å². The Labute approximate surface area is 168 Å². The van der Waals surface area contributed by atoms with Gasteiger partial charge in [-0.15, -0.1) is 11.8 Å². The van der Waals surface area contributed by atoms with Crippen LogP contribution in [0.25, 0.3) is 10.9 Å². The highest BCUT2D eigenvalue weighted by Gasteiger charge is 2.34. The summed E-state index contributed by atoms with van der Waals surface area (Å²) in [6.07, 6.45) is 3.05. The van der Waals surface area contributed by atoms with Gasteiger partial charge in [0.2, 0.25) is 11.8 Å². The van der Waals surface area contributed by atoms with Crippen molar-refractivity contribution in [3.05, 3.63) is 71.9 Å². The Morgan fingerprint density at radius 2 is 1.89 bits per heavy atom. The molecule has 2 N–H and O–H groups in total. The molecule has 4 rings (SSSR count). The number of H-pyrrole nitrogens is 1. The summed E-state index contributed by atoms with van der Waals surface area (Å²) in [5.74, 6) is 1.19. The minimum atomic E-state index is -0.385. The van der Waals surface area contributed by atoms with Gasteiger partial charge in [0, 0.05) is 35.8 Å². The Morgan fingerprint density at radius 1 is 1.11 bits per heavy atom. The molecule has 28 heavy (non-hydrogen) atoms. The summed E-state index contributed by atoms with van der Waals surface area (Å²) in [4.78, 5) is 30.4. The molecule has 5 nitrogen and oxygen atoms in total. The first kappa shape index (κ1) is 18.6. The molecule has 0 spiro atoms. The SMILES string of the molecule is O=C(NCc1ccccc1)[C@@H]1CSCN1C(=O)CCc1c[nH]c2ccccc12. The maximum atomic E-state index is 12.8. The molecule has 1 aromatic heterocycles. The van der Waals surface area contributed by atoms with Gasteiger partial charge >= 0.3 is 0 Å². The number of aromatic amines is 1. The highest BCUT2D eigenvalue weighted by atomic mass is 32.2. The summed E-state index contributed by atoms with van der Waals surface area (Å²) < 4.78 is 0. The molecule has 1 saturated heterocycles. The van der Waals surface area contributed by atoms with Crippen molar-refractivity contribution in [2.24, 2.45) is 0 Å². The van der Waals surface area contributed by atoms with E-state index < -0.39 is 0 Å². The van der Waals surface area contributed by atoms with Crippen LogP contribution < -0.4 is 5.32 Å². The number of hydrogen-bond acceptors (Lipinski definition) is 3. The lowest BCUT2D eigenvalue weighted by Crippen LogP contribution is -2.47. The van der Waals surface area contributed by atoms with Crippen LogP contribution in [0.1, 0.15) is 17.5 Å². The van der Waals surface area contributed by atoms with Crippen molar-refractivity contribution in [1.29, 1.82) is 0 Å². The molecule has 2 amide bonds. The van der Waals surface area contributed by atoms with Gasteiger partial charge in [-0.2, -0.15) is 0 Å². The standard InChI is InChI=1S/C22H23N3O2S/c26-21(11-10-17-13-23-19-9-5-4-8-18(17)19)25-15-28-14-20(25)22(27)24-12-16-6-2-1-3-7-16/h1-9,13,20,23H,10-12,14-15H2,(H,24,27)/t20-/m0/s1. The topological polar surface area (TPSA) is 65.2 Å². The summed E-state index contributed by atoms with van der Waals surface area (Å²) in [6, 6.07) is 17.5. The lowest BCUT2D eigenvalue weighted by Gasteiger charge is -2.23. The van der Waals surface area contributed by atoms with Crippen LogP contribution in [0.3, 0.4) is 0 Å². The van der Waals surface area contributed by atoms with Gasteiger partial charge in [-0.05, 0) is 23.6 Å². The average molecular weight is 394 g/mol. The van der Waals surface area contributed by atoms with Crippen molar-refractivity contribution >= 4 is 34.5 Å². The van der Waals surface area contributed by atoms with Crippen LogP contribution in [0, 0.1) is 0 Å². The van der Waals surface area contributed by atoms with Crippen molar-refractivity contribution in [3.63, 3.8) is 0 Å². The number of rotatable bonds is 6. The van der Waals surface area contributed by atoms with Gasteiger partial charge in [0.25, 0.3) is 0 Å². The fourth-order valence-electron chi connectivity index (χ4n) is 3.53. The Balaban J connectivity index is 1.34. The molecule has 0 radical (unpaired) electrons. The second-order valence-corrected chi connectivity index (χ2v) is 7.94. The average Bonchev–Trinajstić information content (AvgIpc) is 3.38. The lowest BCUT2D eigenvalue weighted by molar-refractivity contribution is -0.138. The van der Waals surface area contributed by atoms with Crippen molar-refractivity contribution in [2.45, 2.75) is 25.4 Å². The molecular formula is C22H23N3O2S. The predicted octanol–water partition coefficient (Wildman–Crippen LogP) is 3.32. The van der Waals surface area contributed by atoms with Gasteiger partial charge in [0.05, 0.1) is 5.88 Å². The molecule has 1 atom stereocenters. The minimum Gasteiger partial charge on any atom is -0.361 e. The third-order valence-corrected chi connectivity index (χ3v) is 6.11. The van der Waals surface area contributed by atoms with E-state index in [1.165, 1.54) is 0 Å². The van der Waals surface area contributed by atoms with Crippen LogP contribution >= 0.6 is 11.8 Å². The van der Waals surface area contributed by atoms with E-state index in [2.05, 4.69) is 16.4 Å². The number of carbonyl (C=O) groups excluding carboxylic acids is 2. The molecule has 0 aliphatic carbocycles. The first-order chi connectivity index (χ1) is 13.7. The van der Waals surface area contributed by atoms with Gasteiger partial charge in [-0.1, -0.05) is 48.5 Å². The van der Waals surface area contributed by atoms with Gasteiger partial charge in [0.15, 0.2) is 0 Å². The van der Waals surface area contributed by atoms with Crippen molar-refractivity contribution in [2.75, 3.05) is 11.6 Å². The monoisotopic (exact) mass is 393 g/mol. The molecule has 1 aliphatic heterocycles. The smallest absolute Gasteiger partial charge is 0.243 e. The molecule has 6 heteroatoms. The van der Waals surface area contributed by atoms with Crippen LogP contribution in [0.2, 0.25) is 0 Å². The Bertz CT molecular complexity index is 970. The van der Waals surface area contributed by atoms with E-state index in [-0.39, 0.29) is 17.9 Å². The van der Waals surface area contributed by atoms with E-state index in [0.717, 1.165) is 22.0 Å². The first-order valence-electron chi connectivity index (χ1n) is 9.46. The normalized spacial score (nSPS) is 16.4. The number of amides is 2. The second kappa shape index (κ2) is 8.52. The molecule has 3 aromatic rings. The zero-order valence-electron chi connectivity index (χ0n) is 15.6. The summed E-state index contributed by atoms with van der Waals surface area (Å²) in [7, 11) is 0. The maximum absolute atomic E-state index is 12.8. The number of carbonyl (C=O) groups is 2. The summed E-state index contributed by atoms with van der Waals surface area (Å²) in [6.45, 7) is 0.484. The van der Waals surface area contributed by atoms with E-state index in [1.54, 1.807) is 16.7 Å². The molecule has 0 unspecified atom stereocenters. The van der Waals surface area contributed by atoms with Gasteiger partial charge < -0.3 is 15.2 Å². The minimum absolute atomic E-state index is 0.0372. The van der Waals surface area contributed by atoms with Crippen LogP contribution in [-0.4, -0.2) is 39.4 Å². The largest absolute Gasteiger partial charge is 0.361 e. The molecule has 144 valence electrons. The number of fused-ring (bicyclic) bond motifs is 1. The molecular weight excluding hydrogens is 370 g/mol. The molecule has 0 saturated carbocycles. The summed E-state index contributed by atoms with van der Waals surface area (Å²) in [5.41, 5.74) is 3.28. The molecule has 2 heterocycles.